The topological polar surface area (TPSA) is 43.1 Å². The monoisotopic (exact) mass is 367 g/mol. The van der Waals surface area contributed by atoms with Gasteiger partial charge in [-0.05, 0) is 55.0 Å². The maximum absolute atomic E-state index is 10.8. The minimum absolute atomic E-state index is 0.0120. The van der Waals surface area contributed by atoms with E-state index in [2.05, 4.69) is 28.1 Å². The van der Waals surface area contributed by atoms with Crippen LogP contribution in [0.15, 0.2) is 46.9 Å². The molecule has 21 heavy (non-hydrogen) atoms. The van der Waals surface area contributed by atoms with Crippen LogP contribution in [0.4, 0.5) is 5.69 Å². The molecule has 0 bridgehead atoms. The summed E-state index contributed by atoms with van der Waals surface area (Å²) in [5.41, 5.74) is 2.25. The van der Waals surface area contributed by atoms with Gasteiger partial charge in [-0.1, -0.05) is 45.7 Å². The molecule has 3 nitrogen and oxygen atoms in total. The highest BCUT2D eigenvalue weighted by atomic mass is 79.9. The number of rotatable bonds is 6. The van der Waals surface area contributed by atoms with Crippen molar-refractivity contribution in [2.75, 3.05) is 0 Å². The number of halogens is 2. The summed E-state index contributed by atoms with van der Waals surface area (Å²) < 4.78 is 1.08. The summed E-state index contributed by atoms with van der Waals surface area (Å²) in [5, 5.41) is 11.0. The second-order valence-corrected chi connectivity index (χ2v) is 6.20. The molecule has 0 heterocycles. The lowest BCUT2D eigenvalue weighted by molar-refractivity contribution is -0.384. The molecule has 0 aromatic heterocycles. The fraction of sp³-hybridized carbons (Fsp3) is 0.250. The quantitative estimate of drug-likeness (QED) is 0.380. The van der Waals surface area contributed by atoms with Gasteiger partial charge in [-0.3, -0.25) is 10.1 Å². The Morgan fingerprint density at radius 2 is 1.57 bits per heavy atom. The van der Waals surface area contributed by atoms with Crippen LogP contribution in [0, 0.1) is 10.1 Å². The van der Waals surface area contributed by atoms with Gasteiger partial charge in [0.05, 0.1) is 4.92 Å². The van der Waals surface area contributed by atoms with Crippen LogP contribution in [0.3, 0.4) is 0 Å². The number of unbranched alkanes of at least 4 members (excludes halogenated alkanes) is 1. The molecule has 0 aliphatic heterocycles. The van der Waals surface area contributed by atoms with Gasteiger partial charge in [0.15, 0.2) is 0 Å². The molecule has 2 aromatic rings. The summed E-state index contributed by atoms with van der Waals surface area (Å²) in [5.74, 6) is 0. The van der Waals surface area contributed by atoms with E-state index in [9.17, 15) is 10.1 Å². The highest BCUT2D eigenvalue weighted by Gasteiger charge is 2.12. The smallest absolute Gasteiger partial charge is 0.258 e. The third-order valence-electron chi connectivity index (χ3n) is 3.30. The molecular weight excluding hydrogens is 354 g/mol. The van der Waals surface area contributed by atoms with Gasteiger partial charge in [0.25, 0.3) is 5.69 Å². The summed E-state index contributed by atoms with van der Waals surface area (Å²) in [6.45, 7) is 0. The second kappa shape index (κ2) is 7.57. The highest BCUT2D eigenvalue weighted by molar-refractivity contribution is 9.10. The number of nitro groups is 1. The van der Waals surface area contributed by atoms with Crippen molar-refractivity contribution in [1.29, 1.82) is 0 Å². The average molecular weight is 369 g/mol. The number of nitro benzene ring substituents is 1. The van der Waals surface area contributed by atoms with Gasteiger partial charge < -0.3 is 0 Å². The van der Waals surface area contributed by atoms with Crippen LogP contribution in [0.1, 0.15) is 24.0 Å². The normalized spacial score (nSPS) is 10.6. The van der Waals surface area contributed by atoms with E-state index in [1.807, 2.05) is 18.2 Å². The van der Waals surface area contributed by atoms with Gasteiger partial charge in [0.1, 0.15) is 5.02 Å². The second-order valence-electron chi connectivity index (χ2n) is 4.88. The molecule has 0 saturated heterocycles. The predicted molar refractivity (Wildman–Crippen MR) is 88.9 cm³/mol. The van der Waals surface area contributed by atoms with Gasteiger partial charge in [0.2, 0.25) is 0 Å². The predicted octanol–water partition coefficient (Wildman–Crippen LogP) is 5.58. The Hall–Kier alpha value is -1.39. The minimum atomic E-state index is -0.437. The lowest BCUT2D eigenvalue weighted by Crippen LogP contribution is -1.93. The zero-order valence-electron chi connectivity index (χ0n) is 11.4. The molecular formula is C16H15BrClNO2. The van der Waals surface area contributed by atoms with Gasteiger partial charge in [-0.15, -0.1) is 0 Å². The Labute approximate surface area is 137 Å². The first-order valence-electron chi connectivity index (χ1n) is 6.73. The van der Waals surface area contributed by atoms with Crippen molar-refractivity contribution < 1.29 is 4.92 Å². The van der Waals surface area contributed by atoms with Crippen molar-refractivity contribution in [3.05, 3.63) is 73.2 Å². The van der Waals surface area contributed by atoms with E-state index in [1.54, 1.807) is 12.1 Å². The van der Waals surface area contributed by atoms with E-state index >= 15 is 0 Å². The fourth-order valence-corrected chi connectivity index (χ4v) is 2.61. The molecule has 0 spiro atoms. The third kappa shape index (κ3) is 4.83. The summed E-state index contributed by atoms with van der Waals surface area (Å²) in [4.78, 5) is 10.4. The van der Waals surface area contributed by atoms with E-state index in [1.165, 1.54) is 5.56 Å². The van der Waals surface area contributed by atoms with Crippen LogP contribution in [-0.4, -0.2) is 4.92 Å². The number of aryl methyl sites for hydroxylation is 2. The molecule has 0 radical (unpaired) electrons. The third-order valence-corrected chi connectivity index (χ3v) is 4.15. The first kappa shape index (κ1) is 16.0. The van der Waals surface area contributed by atoms with Crippen LogP contribution >= 0.6 is 27.5 Å². The Bertz CT molecular complexity index is 629. The molecule has 0 saturated carbocycles. The number of benzene rings is 2. The van der Waals surface area contributed by atoms with Gasteiger partial charge in [-0.2, -0.15) is 0 Å². The van der Waals surface area contributed by atoms with Crippen LogP contribution in [0.25, 0.3) is 0 Å². The van der Waals surface area contributed by atoms with Crippen molar-refractivity contribution in [1.82, 2.24) is 0 Å². The molecule has 0 atom stereocenters. The molecule has 0 amide bonds. The Kier molecular flexibility index (Phi) is 5.76. The van der Waals surface area contributed by atoms with E-state index in [0.717, 1.165) is 35.7 Å². The zero-order valence-corrected chi connectivity index (χ0v) is 13.7. The summed E-state index contributed by atoms with van der Waals surface area (Å²) in [6, 6.07) is 13.3. The van der Waals surface area contributed by atoms with Crippen LogP contribution in [-0.2, 0) is 12.8 Å². The van der Waals surface area contributed by atoms with Crippen molar-refractivity contribution in [3.63, 3.8) is 0 Å². The molecule has 0 N–H and O–H groups in total. The maximum atomic E-state index is 10.8. The average Bonchev–Trinajstić information content (AvgIpc) is 2.46. The Morgan fingerprint density at radius 1 is 1.00 bits per heavy atom. The van der Waals surface area contributed by atoms with Crippen molar-refractivity contribution in [2.24, 2.45) is 0 Å². The number of nitrogens with zero attached hydrogens (tertiary/aromatic N) is 1. The lowest BCUT2D eigenvalue weighted by atomic mass is 10.0. The van der Waals surface area contributed by atoms with Crippen molar-refractivity contribution in [2.45, 2.75) is 25.7 Å². The molecule has 0 aliphatic carbocycles. The Balaban J connectivity index is 1.85. The SMILES string of the molecule is O=[N+]([O-])c1cc(CCCCc2ccc(Br)cc2)ccc1Cl. The molecule has 5 heteroatoms. The van der Waals surface area contributed by atoms with Gasteiger partial charge in [-0.25, -0.2) is 0 Å². The largest absolute Gasteiger partial charge is 0.288 e. The molecule has 110 valence electrons. The molecule has 2 aromatic carbocycles. The van der Waals surface area contributed by atoms with Crippen LogP contribution in [0.5, 0.6) is 0 Å². The van der Waals surface area contributed by atoms with E-state index in [0.29, 0.717) is 0 Å². The van der Waals surface area contributed by atoms with Crippen molar-refractivity contribution >= 4 is 33.2 Å². The van der Waals surface area contributed by atoms with Crippen molar-refractivity contribution in [3.8, 4) is 0 Å². The Morgan fingerprint density at radius 3 is 2.19 bits per heavy atom. The highest BCUT2D eigenvalue weighted by Crippen LogP contribution is 2.25. The molecule has 2 rings (SSSR count). The van der Waals surface area contributed by atoms with E-state index in [-0.39, 0.29) is 10.7 Å². The summed E-state index contributed by atoms with van der Waals surface area (Å²) >= 11 is 9.22. The van der Waals surface area contributed by atoms with E-state index < -0.39 is 4.92 Å². The van der Waals surface area contributed by atoms with E-state index in [4.69, 9.17) is 11.6 Å². The van der Waals surface area contributed by atoms with Crippen LogP contribution in [0.2, 0.25) is 5.02 Å². The first-order valence-corrected chi connectivity index (χ1v) is 7.90. The van der Waals surface area contributed by atoms with Crippen LogP contribution < -0.4 is 0 Å². The number of hydrogen-bond donors (Lipinski definition) is 0. The van der Waals surface area contributed by atoms with Gasteiger partial charge >= 0.3 is 0 Å². The first-order chi connectivity index (χ1) is 10.1. The standard InChI is InChI=1S/C16H15BrClNO2/c17-14-8-5-12(6-9-14)3-1-2-4-13-7-10-15(18)16(11-13)19(20)21/h5-11H,1-4H2. The summed E-state index contributed by atoms with van der Waals surface area (Å²) in [6.07, 6.45) is 3.89. The maximum Gasteiger partial charge on any atom is 0.288 e. The fourth-order valence-electron chi connectivity index (χ4n) is 2.16. The van der Waals surface area contributed by atoms with Gasteiger partial charge in [0, 0.05) is 10.5 Å². The molecule has 0 aliphatic rings. The lowest BCUT2D eigenvalue weighted by Gasteiger charge is -2.04. The summed E-state index contributed by atoms with van der Waals surface area (Å²) in [7, 11) is 0. The minimum Gasteiger partial charge on any atom is -0.258 e. The zero-order chi connectivity index (χ0) is 15.2. The molecule has 0 unspecified atom stereocenters. The molecule has 0 fully saturated rings. The number of hydrogen-bond acceptors (Lipinski definition) is 2.